The second-order valence-electron chi connectivity index (χ2n) is 10.6. The van der Waals surface area contributed by atoms with Crippen LogP contribution in [0.15, 0.2) is 18.2 Å². The Labute approximate surface area is 191 Å². The Hall–Kier alpha value is -1.92. The number of amides is 1. The van der Waals surface area contributed by atoms with Gasteiger partial charge in [0.25, 0.3) is 0 Å². The number of nitrogens with zero attached hydrogens (tertiary/aromatic N) is 1. The van der Waals surface area contributed by atoms with Gasteiger partial charge in [0.15, 0.2) is 5.96 Å². The number of benzene rings is 1. The molecule has 2 atom stereocenters. The minimum absolute atomic E-state index is 0.00569. The molecule has 1 spiro atoms. The molecular weight excluding hydrogens is 402 g/mol. The van der Waals surface area contributed by atoms with Crippen molar-refractivity contribution >= 4 is 11.9 Å². The molecular formula is C26H37N3O3. The maximum Gasteiger partial charge on any atom is 0.237 e. The van der Waals surface area contributed by atoms with Gasteiger partial charge in [0.2, 0.25) is 5.91 Å². The summed E-state index contributed by atoms with van der Waals surface area (Å²) in [5.74, 6) is 0.383. The zero-order valence-electron chi connectivity index (χ0n) is 19.3. The molecule has 3 N–H and O–H groups in total. The van der Waals surface area contributed by atoms with Gasteiger partial charge in [0, 0.05) is 13.7 Å². The lowest BCUT2D eigenvalue weighted by molar-refractivity contribution is -0.137. The Morgan fingerprint density at radius 1 is 1.25 bits per heavy atom. The molecule has 4 aliphatic rings. The molecule has 5 rings (SSSR count). The van der Waals surface area contributed by atoms with E-state index in [1.807, 2.05) is 0 Å². The fourth-order valence-electron chi connectivity index (χ4n) is 6.40. The number of nitrogens with two attached hydrogens (primary N) is 1. The van der Waals surface area contributed by atoms with Crippen molar-refractivity contribution in [1.82, 2.24) is 4.90 Å². The van der Waals surface area contributed by atoms with Crippen LogP contribution in [-0.2, 0) is 27.1 Å². The molecule has 32 heavy (non-hydrogen) atoms. The Morgan fingerprint density at radius 3 is 2.56 bits per heavy atom. The number of rotatable bonds is 6. The first-order valence-corrected chi connectivity index (χ1v) is 12.4. The number of carbonyl (C=O) groups is 1. The summed E-state index contributed by atoms with van der Waals surface area (Å²) < 4.78 is 11.2. The molecule has 1 amide bonds. The predicted octanol–water partition coefficient (Wildman–Crippen LogP) is 3.76. The number of nitrogens with one attached hydrogen (secondary N) is 1. The van der Waals surface area contributed by atoms with Crippen LogP contribution in [0.5, 0.6) is 0 Å². The van der Waals surface area contributed by atoms with Crippen molar-refractivity contribution in [2.75, 3.05) is 20.3 Å². The Bertz CT molecular complexity index is 869. The van der Waals surface area contributed by atoms with Gasteiger partial charge in [0.1, 0.15) is 0 Å². The van der Waals surface area contributed by atoms with Crippen molar-refractivity contribution < 1.29 is 14.3 Å². The first-order valence-electron chi connectivity index (χ1n) is 12.4. The molecule has 1 aromatic carbocycles. The lowest BCUT2D eigenvalue weighted by atomic mass is 9.65. The van der Waals surface area contributed by atoms with Crippen LogP contribution < -0.4 is 5.73 Å². The smallest absolute Gasteiger partial charge is 0.237 e. The Morgan fingerprint density at radius 2 is 2.00 bits per heavy atom. The SMILES string of the molecule is COC1CCC2(CC1)Cc1ccc(CC3CCC3)cc1C2C(=O)N(CC1CCO1)C(=N)N. The van der Waals surface area contributed by atoms with Gasteiger partial charge < -0.3 is 15.2 Å². The van der Waals surface area contributed by atoms with Gasteiger partial charge in [-0.15, -0.1) is 0 Å². The van der Waals surface area contributed by atoms with E-state index < -0.39 is 0 Å². The number of hydrogen-bond donors (Lipinski definition) is 2. The first kappa shape index (κ1) is 21.9. The molecule has 1 heterocycles. The maximum atomic E-state index is 14.1. The van der Waals surface area contributed by atoms with Crippen LogP contribution in [-0.4, -0.2) is 49.2 Å². The summed E-state index contributed by atoms with van der Waals surface area (Å²) >= 11 is 0. The van der Waals surface area contributed by atoms with E-state index in [2.05, 4.69) is 18.2 Å². The van der Waals surface area contributed by atoms with Crippen LogP contribution >= 0.6 is 0 Å². The summed E-state index contributed by atoms with van der Waals surface area (Å²) in [5, 5.41) is 8.16. The van der Waals surface area contributed by atoms with Gasteiger partial charge in [-0.05, 0) is 73.0 Å². The normalized spacial score (nSPS) is 31.6. The lowest BCUT2D eigenvalue weighted by Gasteiger charge is -2.43. The Kier molecular flexibility index (Phi) is 6.01. The van der Waals surface area contributed by atoms with Crippen LogP contribution in [0.1, 0.15) is 74.0 Å². The van der Waals surface area contributed by atoms with Gasteiger partial charge in [0.05, 0.1) is 24.7 Å². The van der Waals surface area contributed by atoms with Crippen LogP contribution in [0.3, 0.4) is 0 Å². The van der Waals surface area contributed by atoms with E-state index in [1.165, 1.54) is 40.9 Å². The van der Waals surface area contributed by atoms with Gasteiger partial charge in [-0.3, -0.25) is 15.1 Å². The molecule has 2 saturated carbocycles. The highest BCUT2D eigenvalue weighted by Gasteiger charge is 2.52. The highest BCUT2D eigenvalue weighted by molar-refractivity contribution is 5.99. The molecule has 0 aromatic heterocycles. The van der Waals surface area contributed by atoms with E-state index in [-0.39, 0.29) is 35.4 Å². The highest BCUT2D eigenvalue weighted by atomic mass is 16.5. The zero-order chi connectivity index (χ0) is 22.3. The lowest BCUT2D eigenvalue weighted by Crippen LogP contribution is -2.52. The minimum Gasteiger partial charge on any atom is -0.381 e. The van der Waals surface area contributed by atoms with Gasteiger partial charge in [-0.25, -0.2) is 0 Å². The van der Waals surface area contributed by atoms with Crippen molar-refractivity contribution in [2.24, 2.45) is 17.1 Å². The molecule has 0 bridgehead atoms. The summed E-state index contributed by atoms with van der Waals surface area (Å²) in [4.78, 5) is 15.6. The molecule has 6 heteroatoms. The van der Waals surface area contributed by atoms with Crippen molar-refractivity contribution in [3.05, 3.63) is 34.9 Å². The molecule has 0 radical (unpaired) electrons. The molecule has 2 unspecified atom stereocenters. The van der Waals surface area contributed by atoms with E-state index in [9.17, 15) is 4.79 Å². The van der Waals surface area contributed by atoms with Gasteiger partial charge >= 0.3 is 0 Å². The number of ether oxygens (including phenoxy) is 2. The number of carbonyl (C=O) groups excluding carboxylic acids is 1. The molecule has 1 saturated heterocycles. The molecule has 3 fully saturated rings. The van der Waals surface area contributed by atoms with E-state index in [1.54, 1.807) is 7.11 Å². The molecule has 6 nitrogen and oxygen atoms in total. The molecule has 1 aromatic rings. The number of guanidine groups is 1. The fourth-order valence-corrected chi connectivity index (χ4v) is 6.40. The molecule has 3 aliphatic carbocycles. The third-order valence-corrected chi connectivity index (χ3v) is 8.67. The van der Waals surface area contributed by atoms with Crippen LogP contribution in [0.4, 0.5) is 0 Å². The van der Waals surface area contributed by atoms with Gasteiger partial charge in [-0.1, -0.05) is 37.5 Å². The fraction of sp³-hybridized carbons (Fsp3) is 0.692. The monoisotopic (exact) mass is 439 g/mol. The average Bonchev–Trinajstić information content (AvgIpc) is 3.02. The summed E-state index contributed by atoms with van der Waals surface area (Å²) in [6, 6.07) is 6.86. The summed E-state index contributed by atoms with van der Waals surface area (Å²) in [6.45, 7) is 1.11. The molecule has 174 valence electrons. The summed E-state index contributed by atoms with van der Waals surface area (Å²) in [7, 11) is 1.79. The van der Waals surface area contributed by atoms with E-state index in [4.69, 9.17) is 20.6 Å². The predicted molar refractivity (Wildman–Crippen MR) is 124 cm³/mol. The van der Waals surface area contributed by atoms with E-state index in [0.717, 1.165) is 57.5 Å². The first-order chi connectivity index (χ1) is 15.5. The van der Waals surface area contributed by atoms with Crippen LogP contribution in [0, 0.1) is 16.7 Å². The largest absolute Gasteiger partial charge is 0.381 e. The van der Waals surface area contributed by atoms with Crippen molar-refractivity contribution in [3.8, 4) is 0 Å². The van der Waals surface area contributed by atoms with Crippen molar-refractivity contribution in [1.29, 1.82) is 5.41 Å². The van der Waals surface area contributed by atoms with Crippen LogP contribution in [0.25, 0.3) is 0 Å². The number of methoxy groups -OCH3 is 1. The maximum absolute atomic E-state index is 14.1. The third kappa shape index (κ3) is 3.96. The van der Waals surface area contributed by atoms with E-state index >= 15 is 0 Å². The molecule has 1 aliphatic heterocycles. The van der Waals surface area contributed by atoms with E-state index in [0.29, 0.717) is 6.54 Å². The minimum atomic E-state index is -0.236. The second kappa shape index (κ2) is 8.79. The quantitative estimate of drug-likeness (QED) is 0.522. The number of fused-ring (bicyclic) bond motifs is 1. The third-order valence-electron chi connectivity index (χ3n) is 8.67. The Balaban J connectivity index is 1.47. The second-order valence-corrected chi connectivity index (χ2v) is 10.6. The summed E-state index contributed by atoms with van der Waals surface area (Å²) in [5.41, 5.74) is 9.69. The zero-order valence-corrected chi connectivity index (χ0v) is 19.3. The topological polar surface area (TPSA) is 88.6 Å². The average molecular weight is 440 g/mol. The van der Waals surface area contributed by atoms with Crippen molar-refractivity contribution in [3.63, 3.8) is 0 Å². The standard InChI is InChI=1S/C26H37N3O3/c1-31-20-7-10-26(11-8-20)15-19-6-5-18(13-17-3-2-4-17)14-22(19)23(26)24(30)29(25(27)28)16-21-9-12-32-21/h5-6,14,17,20-21,23H,2-4,7-13,15-16H2,1H3,(H3,27,28). The highest BCUT2D eigenvalue weighted by Crippen LogP contribution is 2.56. The van der Waals surface area contributed by atoms with Crippen molar-refractivity contribution in [2.45, 2.75) is 82.3 Å². The summed E-state index contributed by atoms with van der Waals surface area (Å²) in [6.07, 6.45) is 11.1. The van der Waals surface area contributed by atoms with Crippen LogP contribution in [0.2, 0.25) is 0 Å². The van der Waals surface area contributed by atoms with Gasteiger partial charge in [-0.2, -0.15) is 0 Å². The number of hydrogen-bond acceptors (Lipinski definition) is 4.